The van der Waals surface area contributed by atoms with E-state index in [1.54, 1.807) is 11.8 Å². The zero-order valence-corrected chi connectivity index (χ0v) is 17.2. The summed E-state index contributed by atoms with van der Waals surface area (Å²) in [5.41, 5.74) is 2.27. The molecule has 0 aliphatic carbocycles. The number of carbonyl (C=O) groups is 1. The predicted molar refractivity (Wildman–Crippen MR) is 109 cm³/mol. The van der Waals surface area contributed by atoms with Gasteiger partial charge in [-0.3, -0.25) is 9.10 Å². The zero-order valence-electron chi connectivity index (χ0n) is 15.6. The van der Waals surface area contributed by atoms with E-state index in [9.17, 15) is 22.0 Å². The van der Waals surface area contributed by atoms with Gasteiger partial charge in [0.1, 0.15) is 6.54 Å². The molecule has 0 atom stereocenters. The lowest BCUT2D eigenvalue weighted by atomic mass is 10.2. The number of sulfonamides is 1. The first-order chi connectivity index (χ1) is 13.2. The second kappa shape index (κ2) is 9.88. The molecule has 0 saturated carbocycles. The van der Waals surface area contributed by atoms with Crippen LogP contribution in [0, 0.1) is 18.6 Å². The lowest BCUT2D eigenvalue weighted by Gasteiger charge is -2.22. The van der Waals surface area contributed by atoms with E-state index in [1.807, 2.05) is 31.2 Å². The molecule has 1 N–H and O–H groups in total. The van der Waals surface area contributed by atoms with Crippen LogP contribution in [0.2, 0.25) is 0 Å². The quantitative estimate of drug-likeness (QED) is 0.624. The molecule has 9 heteroatoms. The lowest BCUT2D eigenvalue weighted by Crippen LogP contribution is -2.41. The monoisotopic (exact) mass is 428 g/mol. The molecule has 2 aromatic rings. The first-order valence-electron chi connectivity index (χ1n) is 8.49. The molecule has 0 spiro atoms. The number of benzene rings is 2. The highest BCUT2D eigenvalue weighted by Gasteiger charge is 2.21. The molecular formula is C19H22F2N2O3S2. The Morgan fingerprint density at radius 1 is 1.11 bits per heavy atom. The van der Waals surface area contributed by atoms with Gasteiger partial charge in [-0.05, 0) is 24.6 Å². The van der Waals surface area contributed by atoms with Crippen molar-refractivity contribution in [3.8, 4) is 0 Å². The van der Waals surface area contributed by atoms with Crippen LogP contribution in [0.4, 0.5) is 14.5 Å². The van der Waals surface area contributed by atoms with Crippen molar-refractivity contribution >= 4 is 33.4 Å². The van der Waals surface area contributed by atoms with Crippen LogP contribution in [-0.2, 0) is 20.6 Å². The van der Waals surface area contributed by atoms with E-state index >= 15 is 0 Å². The van der Waals surface area contributed by atoms with Crippen LogP contribution in [0.25, 0.3) is 0 Å². The first-order valence-corrected chi connectivity index (χ1v) is 11.5. The number of nitrogens with zero attached hydrogens (tertiary/aromatic N) is 1. The number of nitrogens with one attached hydrogen (secondary N) is 1. The zero-order chi connectivity index (χ0) is 20.7. The number of carbonyl (C=O) groups excluding carboxylic acids is 1. The number of thioether (sulfide) groups is 1. The molecule has 0 bridgehead atoms. The largest absolute Gasteiger partial charge is 0.354 e. The number of halogens is 2. The number of aryl methyl sites for hydroxylation is 1. The van der Waals surface area contributed by atoms with Gasteiger partial charge in [-0.1, -0.05) is 29.8 Å². The number of amides is 1. The van der Waals surface area contributed by atoms with Gasteiger partial charge in [0, 0.05) is 24.1 Å². The van der Waals surface area contributed by atoms with Crippen molar-refractivity contribution in [3.63, 3.8) is 0 Å². The topological polar surface area (TPSA) is 66.5 Å². The standard InChI is InChI=1S/C19H22F2N2O3S2/c1-14-3-5-15(6-4-14)13-27-10-9-22-19(24)12-23(28(2,25)26)16-7-8-17(20)18(21)11-16/h3-8,11H,9-10,12-13H2,1-2H3,(H,22,24). The number of anilines is 1. The fourth-order valence-electron chi connectivity index (χ4n) is 2.36. The number of hydrogen-bond acceptors (Lipinski definition) is 4. The van der Waals surface area contributed by atoms with Crippen LogP contribution in [0.3, 0.4) is 0 Å². The maximum Gasteiger partial charge on any atom is 0.240 e. The highest BCUT2D eigenvalue weighted by Crippen LogP contribution is 2.20. The van der Waals surface area contributed by atoms with E-state index < -0.39 is 34.1 Å². The molecule has 0 saturated heterocycles. The van der Waals surface area contributed by atoms with Crippen LogP contribution in [0.1, 0.15) is 11.1 Å². The van der Waals surface area contributed by atoms with Crippen molar-refractivity contribution in [1.82, 2.24) is 5.32 Å². The summed E-state index contributed by atoms with van der Waals surface area (Å²) in [5, 5.41) is 2.64. The van der Waals surface area contributed by atoms with E-state index in [4.69, 9.17) is 0 Å². The van der Waals surface area contributed by atoms with E-state index in [2.05, 4.69) is 5.32 Å². The van der Waals surface area contributed by atoms with Crippen molar-refractivity contribution in [1.29, 1.82) is 0 Å². The Balaban J connectivity index is 1.84. The summed E-state index contributed by atoms with van der Waals surface area (Å²) in [6, 6.07) is 10.9. The van der Waals surface area contributed by atoms with Crippen molar-refractivity contribution in [2.75, 3.05) is 29.4 Å². The highest BCUT2D eigenvalue weighted by atomic mass is 32.2. The molecule has 0 aromatic heterocycles. The van der Waals surface area contributed by atoms with Gasteiger partial charge < -0.3 is 5.32 Å². The van der Waals surface area contributed by atoms with Gasteiger partial charge in [-0.25, -0.2) is 17.2 Å². The third kappa shape index (κ3) is 6.79. The third-order valence-electron chi connectivity index (χ3n) is 3.84. The average Bonchev–Trinajstić information content (AvgIpc) is 2.62. The predicted octanol–water partition coefficient (Wildman–Crippen LogP) is 3.09. The minimum atomic E-state index is -3.84. The summed E-state index contributed by atoms with van der Waals surface area (Å²) < 4.78 is 51.1. The summed E-state index contributed by atoms with van der Waals surface area (Å²) in [5.74, 6) is -1.33. The molecule has 0 radical (unpaired) electrons. The molecule has 1 amide bonds. The van der Waals surface area contributed by atoms with Crippen LogP contribution in [0.5, 0.6) is 0 Å². The summed E-state index contributed by atoms with van der Waals surface area (Å²) in [7, 11) is -3.84. The van der Waals surface area contributed by atoms with Gasteiger partial charge in [-0.15, -0.1) is 0 Å². The fraction of sp³-hybridized carbons (Fsp3) is 0.316. The average molecular weight is 429 g/mol. The van der Waals surface area contributed by atoms with E-state index in [0.717, 1.165) is 34.5 Å². The maximum absolute atomic E-state index is 13.4. The van der Waals surface area contributed by atoms with Gasteiger partial charge in [0.2, 0.25) is 15.9 Å². The Labute approximate surface area is 168 Å². The van der Waals surface area contributed by atoms with E-state index in [-0.39, 0.29) is 5.69 Å². The van der Waals surface area contributed by atoms with Crippen LogP contribution in [0.15, 0.2) is 42.5 Å². The Morgan fingerprint density at radius 3 is 2.39 bits per heavy atom. The minimum Gasteiger partial charge on any atom is -0.354 e. The molecule has 5 nitrogen and oxygen atoms in total. The minimum absolute atomic E-state index is 0.106. The van der Waals surface area contributed by atoms with Gasteiger partial charge in [0.15, 0.2) is 11.6 Å². The maximum atomic E-state index is 13.4. The van der Waals surface area contributed by atoms with Gasteiger partial charge >= 0.3 is 0 Å². The van der Waals surface area contributed by atoms with Gasteiger partial charge in [0.25, 0.3) is 0 Å². The van der Waals surface area contributed by atoms with Crippen molar-refractivity contribution in [3.05, 3.63) is 65.2 Å². The first kappa shape index (κ1) is 22.2. The fourth-order valence-corrected chi connectivity index (χ4v) is 4.03. The second-order valence-corrected chi connectivity index (χ2v) is 9.27. The normalized spacial score (nSPS) is 11.3. The smallest absolute Gasteiger partial charge is 0.240 e. The number of rotatable bonds is 9. The van der Waals surface area contributed by atoms with Crippen molar-refractivity contribution < 1.29 is 22.0 Å². The van der Waals surface area contributed by atoms with Crippen molar-refractivity contribution in [2.45, 2.75) is 12.7 Å². The summed E-state index contributed by atoms with van der Waals surface area (Å²) in [4.78, 5) is 12.1. The molecule has 28 heavy (non-hydrogen) atoms. The van der Waals surface area contributed by atoms with E-state index in [1.165, 1.54) is 11.1 Å². The Bertz CT molecular complexity index is 919. The SMILES string of the molecule is Cc1ccc(CSCCNC(=O)CN(c2ccc(F)c(F)c2)S(C)(=O)=O)cc1. The van der Waals surface area contributed by atoms with Crippen LogP contribution >= 0.6 is 11.8 Å². The van der Waals surface area contributed by atoms with E-state index in [0.29, 0.717) is 12.3 Å². The molecule has 2 rings (SSSR count). The Hall–Kier alpha value is -2.13. The molecule has 0 fully saturated rings. The molecule has 0 unspecified atom stereocenters. The molecule has 0 heterocycles. The van der Waals surface area contributed by atoms with Crippen LogP contribution in [-0.4, -0.2) is 39.4 Å². The molecular weight excluding hydrogens is 406 g/mol. The lowest BCUT2D eigenvalue weighted by molar-refractivity contribution is -0.119. The van der Waals surface area contributed by atoms with Crippen LogP contribution < -0.4 is 9.62 Å². The third-order valence-corrected chi connectivity index (χ3v) is 6.01. The van der Waals surface area contributed by atoms with Crippen molar-refractivity contribution in [2.24, 2.45) is 0 Å². The number of hydrogen-bond donors (Lipinski definition) is 1. The van der Waals surface area contributed by atoms with Gasteiger partial charge in [-0.2, -0.15) is 11.8 Å². The molecule has 0 aliphatic rings. The summed E-state index contributed by atoms with van der Waals surface area (Å²) >= 11 is 1.64. The second-order valence-electron chi connectivity index (χ2n) is 6.26. The molecule has 2 aromatic carbocycles. The summed E-state index contributed by atoms with van der Waals surface area (Å²) in [6.45, 7) is 1.88. The molecule has 0 aliphatic heterocycles. The molecule has 152 valence electrons. The Kier molecular flexibility index (Phi) is 7.82. The Morgan fingerprint density at radius 2 is 1.79 bits per heavy atom. The van der Waals surface area contributed by atoms with Gasteiger partial charge in [0.05, 0.1) is 11.9 Å². The highest BCUT2D eigenvalue weighted by molar-refractivity contribution is 7.98. The summed E-state index contributed by atoms with van der Waals surface area (Å²) in [6.07, 6.45) is 0.902.